The molecule has 7 nitrogen and oxygen atoms in total. The Hall–Kier alpha value is -1.96. The van der Waals surface area contributed by atoms with Gasteiger partial charge in [0.2, 0.25) is 0 Å². The second-order valence-electron chi connectivity index (χ2n) is 12.0. The summed E-state index contributed by atoms with van der Waals surface area (Å²) in [6, 6.07) is 0. The Bertz CT molecular complexity index is 900. The van der Waals surface area contributed by atoms with Crippen LogP contribution in [0.15, 0.2) is 36.0 Å². The highest BCUT2D eigenvalue weighted by Crippen LogP contribution is 2.40. The molecule has 3 aliphatic heterocycles. The fourth-order valence-corrected chi connectivity index (χ4v) is 6.15. The number of aliphatic hydroxyl groups is 1. The van der Waals surface area contributed by atoms with Crippen LogP contribution in [0.25, 0.3) is 0 Å². The number of ketones is 1. The first-order chi connectivity index (χ1) is 18.3. The molecule has 38 heavy (non-hydrogen) atoms. The van der Waals surface area contributed by atoms with Gasteiger partial charge >= 0.3 is 6.09 Å². The monoisotopic (exact) mass is 529 g/mol. The molecule has 4 fully saturated rings. The summed E-state index contributed by atoms with van der Waals surface area (Å²) in [4.78, 5) is 26.6. The largest absolute Gasteiger partial charge is 0.442 e. The minimum Gasteiger partial charge on any atom is -0.442 e. The average molecular weight is 530 g/mol. The molecule has 1 amide bonds. The van der Waals surface area contributed by atoms with Crippen LogP contribution in [0.3, 0.4) is 0 Å². The van der Waals surface area contributed by atoms with E-state index in [9.17, 15) is 14.7 Å². The number of carbonyl (C=O) groups is 2. The van der Waals surface area contributed by atoms with Crippen molar-refractivity contribution in [3.8, 4) is 0 Å². The van der Waals surface area contributed by atoms with Crippen LogP contribution >= 0.6 is 0 Å². The Morgan fingerprint density at radius 2 is 1.95 bits per heavy atom. The predicted molar refractivity (Wildman–Crippen MR) is 147 cm³/mol. The number of hydrogen-bond donors (Lipinski definition) is 1. The lowest BCUT2D eigenvalue weighted by molar-refractivity contribution is -0.116. The minimum atomic E-state index is -0.591. The maximum Gasteiger partial charge on any atom is 0.410 e. The van der Waals surface area contributed by atoms with Crippen molar-refractivity contribution in [2.75, 3.05) is 26.3 Å². The normalized spacial score (nSPS) is 35.1. The van der Waals surface area contributed by atoms with E-state index in [2.05, 4.69) is 26.0 Å². The van der Waals surface area contributed by atoms with E-state index in [1.807, 2.05) is 13.0 Å². The molecule has 0 aromatic rings. The topological polar surface area (TPSA) is 88.6 Å². The summed E-state index contributed by atoms with van der Waals surface area (Å²) in [6.45, 7) is 8.96. The summed E-state index contributed by atoms with van der Waals surface area (Å²) >= 11 is 0. The quantitative estimate of drug-likeness (QED) is 0.245. The van der Waals surface area contributed by atoms with E-state index in [0.29, 0.717) is 37.4 Å². The number of likely N-dealkylation sites (tertiary alicyclic amines) is 1. The molecule has 0 aromatic carbocycles. The van der Waals surface area contributed by atoms with Gasteiger partial charge in [-0.3, -0.25) is 4.79 Å². The lowest BCUT2D eigenvalue weighted by Crippen LogP contribution is -2.46. The van der Waals surface area contributed by atoms with E-state index < -0.39 is 12.2 Å². The molecule has 7 atom stereocenters. The van der Waals surface area contributed by atoms with Crippen molar-refractivity contribution in [2.45, 2.75) is 102 Å². The van der Waals surface area contributed by atoms with Gasteiger partial charge in [0.05, 0.1) is 13.2 Å². The Kier molecular flexibility index (Phi) is 10.2. The summed E-state index contributed by atoms with van der Waals surface area (Å²) in [5, 5.41) is 10.5. The zero-order valence-corrected chi connectivity index (χ0v) is 23.5. The van der Waals surface area contributed by atoms with Crippen molar-refractivity contribution in [3.05, 3.63) is 36.0 Å². The highest BCUT2D eigenvalue weighted by molar-refractivity contribution is 5.89. The number of ether oxygens (including phenoxy) is 3. The van der Waals surface area contributed by atoms with Gasteiger partial charge in [-0.1, -0.05) is 30.7 Å². The lowest BCUT2D eigenvalue weighted by atomic mass is 9.72. The van der Waals surface area contributed by atoms with Crippen molar-refractivity contribution in [1.82, 2.24) is 4.90 Å². The fraction of sp³-hybridized carbons (Fsp3) is 0.742. The number of carbonyl (C=O) groups excluding carboxylic acids is 2. The Labute approximate surface area is 228 Å². The predicted octanol–water partition coefficient (Wildman–Crippen LogP) is 5.38. The van der Waals surface area contributed by atoms with Gasteiger partial charge in [-0.25, -0.2) is 4.79 Å². The van der Waals surface area contributed by atoms with Gasteiger partial charge in [-0.15, -0.1) is 0 Å². The van der Waals surface area contributed by atoms with Gasteiger partial charge in [-0.05, 0) is 88.7 Å². The van der Waals surface area contributed by atoms with Crippen LogP contribution in [0.1, 0.15) is 78.6 Å². The van der Waals surface area contributed by atoms with Gasteiger partial charge in [0, 0.05) is 25.9 Å². The van der Waals surface area contributed by atoms with E-state index in [1.165, 1.54) is 12.0 Å². The summed E-state index contributed by atoms with van der Waals surface area (Å²) < 4.78 is 16.7. The maximum absolute atomic E-state index is 12.6. The Morgan fingerprint density at radius 1 is 1.18 bits per heavy atom. The smallest absolute Gasteiger partial charge is 0.410 e. The van der Waals surface area contributed by atoms with Gasteiger partial charge in [-0.2, -0.15) is 0 Å². The molecule has 212 valence electrons. The molecule has 1 N–H and O–H groups in total. The first-order valence-corrected chi connectivity index (χ1v) is 14.7. The van der Waals surface area contributed by atoms with Crippen LogP contribution in [-0.2, 0) is 19.0 Å². The first kappa shape index (κ1) is 29.0. The van der Waals surface area contributed by atoms with E-state index in [-0.39, 0.29) is 23.6 Å². The molecule has 1 aliphatic carbocycles. The molecular formula is C31H47NO6. The minimum absolute atomic E-state index is 0.118. The van der Waals surface area contributed by atoms with Crippen LogP contribution in [0.5, 0.6) is 0 Å². The molecule has 4 rings (SSSR count). The summed E-state index contributed by atoms with van der Waals surface area (Å²) in [5.41, 5.74) is 0.816. The summed E-state index contributed by atoms with van der Waals surface area (Å²) in [6.07, 6.45) is 17.0. The van der Waals surface area contributed by atoms with Crippen LogP contribution < -0.4 is 0 Å². The second kappa shape index (κ2) is 13.4. The molecule has 0 aromatic heterocycles. The summed E-state index contributed by atoms with van der Waals surface area (Å²) in [5.74, 6) is 1.66. The summed E-state index contributed by atoms with van der Waals surface area (Å²) in [7, 11) is 0. The molecule has 0 bridgehead atoms. The average Bonchev–Trinajstić information content (AvgIpc) is 3.69. The zero-order valence-electron chi connectivity index (χ0n) is 23.5. The van der Waals surface area contributed by atoms with E-state index in [0.717, 1.165) is 58.0 Å². The van der Waals surface area contributed by atoms with Gasteiger partial charge < -0.3 is 24.2 Å². The number of rotatable bonds is 9. The number of amides is 1. The number of aliphatic hydroxyl groups excluding tert-OH is 1. The number of epoxide rings is 1. The van der Waals surface area contributed by atoms with Crippen molar-refractivity contribution < 1.29 is 28.9 Å². The first-order valence-electron chi connectivity index (χ1n) is 14.7. The van der Waals surface area contributed by atoms with Crippen LogP contribution in [-0.4, -0.2) is 72.1 Å². The van der Waals surface area contributed by atoms with Crippen LogP contribution in [0.4, 0.5) is 4.79 Å². The van der Waals surface area contributed by atoms with Crippen LogP contribution in [0, 0.1) is 17.8 Å². The third-order valence-electron chi connectivity index (χ3n) is 8.90. The molecule has 3 heterocycles. The maximum atomic E-state index is 12.6. The fourth-order valence-electron chi connectivity index (χ4n) is 6.15. The van der Waals surface area contributed by atoms with E-state index >= 15 is 0 Å². The molecule has 3 saturated heterocycles. The third-order valence-corrected chi connectivity index (χ3v) is 8.90. The van der Waals surface area contributed by atoms with E-state index in [4.69, 9.17) is 14.2 Å². The molecule has 1 unspecified atom stereocenters. The molecule has 1 saturated carbocycles. The third kappa shape index (κ3) is 8.03. The standard InChI is InChI=1S/C31H47NO6/c1-22(8-14-28-29(34)31(21-37-31)15-18-36-28)7-10-25-11-12-26(23(2)19-25)20-27(33)13-9-24(3)38-30(35)32-16-5-4-6-17-32/h7-9,13-14,23-26,28-29,34H,4-6,10-12,15-21H2,1-3H3/b13-9-,14-8+,22-7+/t23-,24-,25-,26-,28?,29+,31+/m0/s1. The van der Waals surface area contributed by atoms with Crippen molar-refractivity contribution in [3.63, 3.8) is 0 Å². The van der Waals surface area contributed by atoms with Crippen LogP contribution in [0.2, 0.25) is 0 Å². The number of nitrogens with zero attached hydrogens (tertiary/aromatic N) is 1. The molecule has 0 radical (unpaired) electrons. The number of piperidine rings is 1. The lowest BCUT2D eigenvalue weighted by Gasteiger charge is -2.33. The van der Waals surface area contributed by atoms with Gasteiger partial charge in [0.1, 0.15) is 23.9 Å². The van der Waals surface area contributed by atoms with Gasteiger partial charge in [0.25, 0.3) is 0 Å². The molecule has 1 spiro atoms. The highest BCUT2D eigenvalue weighted by Gasteiger charge is 2.55. The Balaban J connectivity index is 1.15. The number of allylic oxidation sites excluding steroid dienone is 4. The molecular weight excluding hydrogens is 482 g/mol. The number of hydrogen-bond acceptors (Lipinski definition) is 6. The Morgan fingerprint density at radius 3 is 2.66 bits per heavy atom. The zero-order chi connectivity index (χ0) is 27.1. The van der Waals surface area contributed by atoms with Crippen molar-refractivity contribution in [1.29, 1.82) is 0 Å². The van der Waals surface area contributed by atoms with Crippen molar-refractivity contribution >= 4 is 11.9 Å². The van der Waals surface area contributed by atoms with Crippen molar-refractivity contribution in [2.24, 2.45) is 17.8 Å². The SMILES string of the molecule is CC(/C=C/C1OCC[C@@]2(CO2)[C@@H]1O)=C\C[C@H]1CC[C@@H](CC(=O)/C=C\[C@H](C)OC(=O)N2CCCCC2)[C@@H](C)C1. The van der Waals surface area contributed by atoms with Gasteiger partial charge in [0.15, 0.2) is 5.78 Å². The van der Waals surface area contributed by atoms with E-state index in [1.54, 1.807) is 17.1 Å². The molecule has 4 aliphatic rings. The highest BCUT2D eigenvalue weighted by atomic mass is 16.6. The molecule has 7 heteroatoms. The second-order valence-corrected chi connectivity index (χ2v) is 12.0.